The van der Waals surface area contributed by atoms with E-state index >= 15 is 0 Å². The molecule has 0 unspecified atom stereocenters. The highest BCUT2D eigenvalue weighted by atomic mass is 35.5. The van der Waals surface area contributed by atoms with Crippen molar-refractivity contribution in [2.45, 2.75) is 6.92 Å². The van der Waals surface area contributed by atoms with Crippen molar-refractivity contribution in [1.82, 2.24) is 15.1 Å². The molecular weight excluding hydrogens is 463 g/mol. The van der Waals surface area contributed by atoms with Crippen LogP contribution in [0, 0.1) is 6.92 Å². The Morgan fingerprint density at radius 3 is 2.42 bits per heavy atom. The summed E-state index contributed by atoms with van der Waals surface area (Å²) in [6.07, 6.45) is 0. The molecule has 0 aliphatic carbocycles. The molecule has 0 atom stereocenters. The zero-order valence-electron chi connectivity index (χ0n) is 18.4. The van der Waals surface area contributed by atoms with Crippen molar-refractivity contribution in [3.8, 4) is 22.8 Å². The molecule has 0 N–H and O–H groups in total. The maximum Gasteiger partial charge on any atom is 0.260 e. The summed E-state index contributed by atoms with van der Waals surface area (Å²) in [6, 6.07) is 14.7. The van der Waals surface area contributed by atoms with Crippen LogP contribution in [0.4, 0.5) is 5.82 Å². The Hall–Kier alpha value is -3.03. The lowest BCUT2D eigenvalue weighted by Crippen LogP contribution is -2.50. The van der Waals surface area contributed by atoms with E-state index in [0.717, 1.165) is 16.9 Å². The fourth-order valence-corrected chi connectivity index (χ4v) is 4.15. The maximum atomic E-state index is 12.6. The van der Waals surface area contributed by atoms with Crippen LogP contribution in [-0.2, 0) is 4.79 Å². The van der Waals surface area contributed by atoms with E-state index in [1.807, 2.05) is 43.3 Å². The summed E-state index contributed by atoms with van der Waals surface area (Å²) in [6.45, 7) is 4.43. The van der Waals surface area contributed by atoms with Gasteiger partial charge in [-0.25, -0.2) is 0 Å². The van der Waals surface area contributed by atoms with Gasteiger partial charge in [-0.2, -0.15) is 0 Å². The number of aromatic nitrogens is 2. The number of halogens is 2. The number of piperazine rings is 1. The first kappa shape index (κ1) is 23.1. The Balaban J connectivity index is 1.31. The maximum absolute atomic E-state index is 12.6. The third kappa shape index (κ3) is 5.49. The van der Waals surface area contributed by atoms with Crippen molar-refractivity contribution in [2.75, 3.05) is 44.8 Å². The fourth-order valence-electron chi connectivity index (χ4n) is 3.64. The summed E-state index contributed by atoms with van der Waals surface area (Å²) >= 11 is 12.2. The van der Waals surface area contributed by atoms with Gasteiger partial charge in [-0.3, -0.25) is 4.79 Å². The van der Waals surface area contributed by atoms with E-state index in [2.05, 4.69) is 15.1 Å². The second-order valence-corrected chi connectivity index (χ2v) is 8.56. The van der Waals surface area contributed by atoms with Crippen LogP contribution in [-0.4, -0.2) is 60.9 Å². The van der Waals surface area contributed by atoms with E-state index < -0.39 is 0 Å². The minimum absolute atomic E-state index is 0.0320. The minimum atomic E-state index is -0.0592. The minimum Gasteiger partial charge on any atom is -0.493 e. The van der Waals surface area contributed by atoms with Gasteiger partial charge in [-0.15, -0.1) is 10.2 Å². The molecule has 33 heavy (non-hydrogen) atoms. The predicted octanol–water partition coefficient (Wildman–Crippen LogP) is 4.50. The number of amides is 1. The number of hydrogen-bond donors (Lipinski definition) is 0. The van der Waals surface area contributed by atoms with Gasteiger partial charge in [0.25, 0.3) is 5.91 Å². The summed E-state index contributed by atoms with van der Waals surface area (Å²) in [7, 11) is 1.59. The molecule has 1 amide bonds. The molecule has 0 spiro atoms. The lowest BCUT2D eigenvalue weighted by atomic mass is 10.1. The van der Waals surface area contributed by atoms with Crippen LogP contribution in [0.1, 0.15) is 5.56 Å². The molecule has 1 fully saturated rings. The predicted molar refractivity (Wildman–Crippen MR) is 130 cm³/mol. The third-order valence-electron chi connectivity index (χ3n) is 5.48. The van der Waals surface area contributed by atoms with Gasteiger partial charge in [0.2, 0.25) is 0 Å². The molecule has 0 bridgehead atoms. The Labute approximate surface area is 202 Å². The molecule has 172 valence electrons. The van der Waals surface area contributed by atoms with E-state index in [-0.39, 0.29) is 12.5 Å². The van der Waals surface area contributed by atoms with Crippen molar-refractivity contribution >= 4 is 34.9 Å². The summed E-state index contributed by atoms with van der Waals surface area (Å²) in [5.41, 5.74) is 2.52. The molecular formula is C24H24Cl2N4O3. The molecule has 2 heterocycles. The first-order chi connectivity index (χ1) is 15.9. The molecule has 7 nitrogen and oxygen atoms in total. The van der Waals surface area contributed by atoms with Gasteiger partial charge >= 0.3 is 0 Å². The summed E-state index contributed by atoms with van der Waals surface area (Å²) in [4.78, 5) is 16.5. The van der Waals surface area contributed by atoms with E-state index in [1.165, 1.54) is 0 Å². The number of hydrogen-bond acceptors (Lipinski definition) is 6. The highest BCUT2D eigenvalue weighted by Gasteiger charge is 2.23. The highest BCUT2D eigenvalue weighted by molar-refractivity contribution is 6.36. The molecule has 3 aromatic rings. The van der Waals surface area contributed by atoms with E-state index in [0.29, 0.717) is 53.4 Å². The van der Waals surface area contributed by atoms with Crippen LogP contribution >= 0.6 is 23.2 Å². The summed E-state index contributed by atoms with van der Waals surface area (Å²) in [5.74, 6) is 1.88. The first-order valence-corrected chi connectivity index (χ1v) is 11.3. The van der Waals surface area contributed by atoms with Crippen molar-refractivity contribution < 1.29 is 14.3 Å². The molecule has 4 rings (SSSR count). The van der Waals surface area contributed by atoms with Crippen molar-refractivity contribution in [3.05, 3.63) is 64.1 Å². The largest absolute Gasteiger partial charge is 0.493 e. The van der Waals surface area contributed by atoms with Crippen LogP contribution in [0.15, 0.2) is 48.5 Å². The normalized spacial score (nSPS) is 13.7. The Kier molecular flexibility index (Phi) is 7.20. The van der Waals surface area contributed by atoms with Crippen molar-refractivity contribution in [1.29, 1.82) is 0 Å². The van der Waals surface area contributed by atoms with Crippen molar-refractivity contribution in [2.24, 2.45) is 0 Å². The van der Waals surface area contributed by atoms with Gasteiger partial charge in [-0.1, -0.05) is 29.3 Å². The smallest absolute Gasteiger partial charge is 0.260 e. The van der Waals surface area contributed by atoms with Gasteiger partial charge in [-0.05, 0) is 55.0 Å². The van der Waals surface area contributed by atoms with Crippen LogP contribution in [0.3, 0.4) is 0 Å². The molecule has 2 aromatic carbocycles. The van der Waals surface area contributed by atoms with E-state index in [4.69, 9.17) is 32.7 Å². The van der Waals surface area contributed by atoms with E-state index in [1.54, 1.807) is 24.1 Å². The summed E-state index contributed by atoms with van der Waals surface area (Å²) < 4.78 is 11.0. The number of methoxy groups -OCH3 is 1. The fraction of sp³-hybridized carbons (Fsp3) is 0.292. The standard InChI is InChI=1S/C24H24Cl2N4O3/c1-16-3-7-21(22(13-16)32-2)33-15-24(31)30-11-9-29(10-12-30)23-8-6-20(27-28-23)18-5-4-17(25)14-19(18)26/h3-8,13-14H,9-12,15H2,1-2H3. The van der Waals surface area contributed by atoms with Crippen molar-refractivity contribution in [3.63, 3.8) is 0 Å². The number of ether oxygens (including phenoxy) is 2. The number of nitrogens with zero attached hydrogens (tertiary/aromatic N) is 4. The number of carbonyl (C=O) groups excluding carboxylic acids is 1. The summed E-state index contributed by atoms with van der Waals surface area (Å²) in [5, 5.41) is 9.78. The molecule has 1 aliphatic heterocycles. The van der Waals surface area contributed by atoms with Crippen LogP contribution in [0.2, 0.25) is 10.0 Å². The van der Waals surface area contributed by atoms with Gasteiger partial charge in [0.1, 0.15) is 0 Å². The van der Waals surface area contributed by atoms with Crippen LogP contribution < -0.4 is 14.4 Å². The second kappa shape index (κ2) is 10.3. The number of benzene rings is 2. The van der Waals surface area contributed by atoms with E-state index in [9.17, 15) is 4.79 Å². The molecule has 1 aromatic heterocycles. The van der Waals surface area contributed by atoms with Gasteiger partial charge in [0.05, 0.1) is 17.8 Å². The van der Waals surface area contributed by atoms with Crippen LogP contribution in [0.25, 0.3) is 11.3 Å². The SMILES string of the molecule is COc1cc(C)ccc1OCC(=O)N1CCN(c2ccc(-c3ccc(Cl)cc3Cl)nn2)CC1. The quantitative estimate of drug-likeness (QED) is 0.511. The zero-order chi connectivity index (χ0) is 23.4. The number of rotatable bonds is 6. The highest BCUT2D eigenvalue weighted by Crippen LogP contribution is 2.30. The Morgan fingerprint density at radius 1 is 0.970 bits per heavy atom. The van der Waals surface area contributed by atoms with Gasteiger partial charge in [0.15, 0.2) is 23.9 Å². The number of aryl methyl sites for hydroxylation is 1. The van der Waals surface area contributed by atoms with Gasteiger partial charge < -0.3 is 19.3 Å². The molecule has 9 heteroatoms. The lowest BCUT2D eigenvalue weighted by Gasteiger charge is -2.35. The van der Waals surface area contributed by atoms with Gasteiger partial charge in [0, 0.05) is 36.8 Å². The Morgan fingerprint density at radius 2 is 1.76 bits per heavy atom. The number of anilines is 1. The topological polar surface area (TPSA) is 67.8 Å². The molecule has 0 saturated carbocycles. The average Bonchev–Trinajstić information content (AvgIpc) is 2.83. The average molecular weight is 487 g/mol. The molecule has 0 radical (unpaired) electrons. The Bertz CT molecular complexity index is 1130. The molecule has 1 aliphatic rings. The monoisotopic (exact) mass is 486 g/mol. The van der Waals surface area contributed by atoms with Crippen LogP contribution in [0.5, 0.6) is 11.5 Å². The number of carbonyl (C=O) groups is 1. The first-order valence-electron chi connectivity index (χ1n) is 10.5. The second-order valence-electron chi connectivity index (χ2n) is 7.71. The molecule has 1 saturated heterocycles. The lowest BCUT2D eigenvalue weighted by molar-refractivity contribution is -0.133. The zero-order valence-corrected chi connectivity index (χ0v) is 19.9. The third-order valence-corrected chi connectivity index (χ3v) is 6.03.